The first-order chi connectivity index (χ1) is 14.4. The van der Waals surface area contributed by atoms with Crippen LogP contribution in [0.15, 0.2) is 47.6 Å². The third-order valence-corrected chi connectivity index (χ3v) is 8.75. The Labute approximate surface area is 189 Å². The average Bonchev–Trinajstić information content (AvgIpc) is 3.04. The van der Waals surface area contributed by atoms with Crippen molar-refractivity contribution in [3.05, 3.63) is 47.6 Å². The molecule has 3 saturated carbocycles. The van der Waals surface area contributed by atoms with Gasteiger partial charge in [-0.05, 0) is 86.7 Å². The Balaban J connectivity index is 1.76. The molecule has 3 rings (SSSR count). The van der Waals surface area contributed by atoms with Crippen molar-refractivity contribution in [1.29, 1.82) is 0 Å². The summed E-state index contributed by atoms with van der Waals surface area (Å²) in [5, 5.41) is 30.4. The highest BCUT2D eigenvalue weighted by Gasteiger charge is 2.50. The van der Waals surface area contributed by atoms with Crippen LogP contribution in [0, 0.1) is 29.1 Å². The summed E-state index contributed by atoms with van der Waals surface area (Å²) >= 11 is 0. The van der Waals surface area contributed by atoms with Crippen molar-refractivity contribution in [2.24, 2.45) is 29.1 Å². The van der Waals surface area contributed by atoms with Gasteiger partial charge >= 0.3 is 0 Å². The molecule has 0 unspecified atom stereocenters. The van der Waals surface area contributed by atoms with Gasteiger partial charge in [0.25, 0.3) is 0 Å². The summed E-state index contributed by atoms with van der Waals surface area (Å²) < 4.78 is 0. The fourth-order valence-corrected chi connectivity index (χ4v) is 6.32. The van der Waals surface area contributed by atoms with Gasteiger partial charge in [0, 0.05) is 12.3 Å². The van der Waals surface area contributed by atoms with E-state index in [9.17, 15) is 15.3 Å². The second-order valence-electron chi connectivity index (χ2n) is 11.4. The molecule has 0 saturated heterocycles. The first kappa shape index (κ1) is 24.5. The van der Waals surface area contributed by atoms with E-state index in [-0.39, 0.29) is 5.92 Å². The summed E-state index contributed by atoms with van der Waals surface area (Å²) in [7, 11) is 0. The first-order valence-electron chi connectivity index (χ1n) is 12.3. The minimum Gasteiger partial charge on any atom is -0.393 e. The molecule has 3 N–H and O–H groups in total. The van der Waals surface area contributed by atoms with Crippen LogP contribution in [0.2, 0.25) is 0 Å². The third kappa shape index (κ3) is 5.26. The minimum absolute atomic E-state index is 0.141. The quantitative estimate of drug-likeness (QED) is 0.490. The van der Waals surface area contributed by atoms with E-state index in [4.69, 9.17) is 0 Å². The standard InChI is InChI=1S/C28H44O3/c1-18(9-10-19(2)27(4,5)31)24-13-14-25-21(8-7-15-28(24,25)6)11-12-22-16-23(29)17-26(30)20(22)3/h9-12,18-19,23-26,29-31H,3,7-8,13-17H2,1-2,4-6H3/b10-9+,21-11+,22-12-/t18-,19+,23+,24-,25-,26+,28+/m1/s1. The Morgan fingerprint density at radius 3 is 2.52 bits per heavy atom. The summed E-state index contributed by atoms with van der Waals surface area (Å²) in [5.41, 5.74) is 2.93. The zero-order chi connectivity index (χ0) is 23.0. The fourth-order valence-electron chi connectivity index (χ4n) is 6.32. The lowest BCUT2D eigenvalue weighted by atomic mass is 9.61. The molecule has 3 aliphatic carbocycles. The molecule has 0 amide bonds. The van der Waals surface area contributed by atoms with Gasteiger partial charge in [-0.15, -0.1) is 0 Å². The monoisotopic (exact) mass is 428 g/mol. The molecule has 0 aliphatic heterocycles. The summed E-state index contributed by atoms with van der Waals surface area (Å²) in [6.07, 6.45) is 15.0. The Morgan fingerprint density at radius 1 is 1.13 bits per heavy atom. The normalized spacial score (nSPS) is 39.3. The van der Waals surface area contributed by atoms with Gasteiger partial charge in [0.1, 0.15) is 0 Å². The minimum atomic E-state index is -0.684. The number of hydrogen-bond acceptors (Lipinski definition) is 3. The SMILES string of the molecule is C=C1/C(=C\C=C2/CCC[C@]3(C)[C@@H]2CC[C@@H]3[C@H](C)/C=C/[C@H](C)C(C)(C)O)C[C@H](O)C[C@@H]1O. The largest absolute Gasteiger partial charge is 0.393 e. The summed E-state index contributed by atoms with van der Waals surface area (Å²) in [5.74, 6) is 1.91. The molecule has 7 atom stereocenters. The van der Waals surface area contributed by atoms with Crippen molar-refractivity contribution in [3.63, 3.8) is 0 Å². The molecule has 0 heterocycles. The summed E-state index contributed by atoms with van der Waals surface area (Å²) in [4.78, 5) is 0. The maximum atomic E-state index is 10.3. The predicted molar refractivity (Wildman–Crippen MR) is 128 cm³/mol. The van der Waals surface area contributed by atoms with Crippen LogP contribution in [-0.4, -0.2) is 33.1 Å². The molecule has 31 heavy (non-hydrogen) atoms. The Bertz CT molecular complexity index is 753. The van der Waals surface area contributed by atoms with Gasteiger partial charge in [-0.1, -0.05) is 57.2 Å². The second kappa shape index (κ2) is 9.37. The van der Waals surface area contributed by atoms with Crippen LogP contribution in [0.1, 0.15) is 79.6 Å². The zero-order valence-electron chi connectivity index (χ0n) is 20.3. The fraction of sp³-hybridized carbons (Fsp3) is 0.714. The topological polar surface area (TPSA) is 60.7 Å². The van der Waals surface area contributed by atoms with E-state index in [0.29, 0.717) is 36.0 Å². The third-order valence-electron chi connectivity index (χ3n) is 8.75. The lowest BCUT2D eigenvalue weighted by Crippen LogP contribution is -2.35. The van der Waals surface area contributed by atoms with Gasteiger partial charge in [-0.2, -0.15) is 0 Å². The molecule has 3 nitrogen and oxygen atoms in total. The molecule has 0 aromatic rings. The molecular weight excluding hydrogens is 384 g/mol. The van der Waals surface area contributed by atoms with Gasteiger partial charge < -0.3 is 15.3 Å². The van der Waals surface area contributed by atoms with Crippen LogP contribution in [0.3, 0.4) is 0 Å². The van der Waals surface area contributed by atoms with E-state index in [1.165, 1.54) is 31.3 Å². The average molecular weight is 429 g/mol. The number of hydrogen-bond donors (Lipinski definition) is 3. The summed E-state index contributed by atoms with van der Waals surface area (Å²) in [6.45, 7) is 14.7. The van der Waals surface area contributed by atoms with Crippen molar-refractivity contribution in [2.45, 2.75) is 97.4 Å². The molecule has 0 radical (unpaired) electrons. The predicted octanol–water partition coefficient (Wildman–Crippen LogP) is 5.73. The lowest BCUT2D eigenvalue weighted by molar-refractivity contribution is 0.0436. The van der Waals surface area contributed by atoms with E-state index < -0.39 is 17.8 Å². The zero-order valence-corrected chi connectivity index (χ0v) is 20.3. The van der Waals surface area contributed by atoms with E-state index in [0.717, 1.165) is 17.6 Å². The van der Waals surface area contributed by atoms with Gasteiger partial charge in [0.2, 0.25) is 0 Å². The van der Waals surface area contributed by atoms with Gasteiger partial charge in [-0.3, -0.25) is 0 Å². The molecule has 3 aliphatic rings. The maximum Gasteiger partial charge on any atom is 0.0811 e. The number of fused-ring (bicyclic) bond motifs is 1. The molecular formula is C28H44O3. The smallest absolute Gasteiger partial charge is 0.0811 e. The van der Waals surface area contributed by atoms with Crippen molar-refractivity contribution in [3.8, 4) is 0 Å². The number of aliphatic hydroxyl groups is 3. The van der Waals surface area contributed by atoms with Crippen LogP contribution in [0.25, 0.3) is 0 Å². The first-order valence-corrected chi connectivity index (χ1v) is 12.3. The summed E-state index contributed by atoms with van der Waals surface area (Å²) in [6, 6.07) is 0. The van der Waals surface area contributed by atoms with Crippen LogP contribution >= 0.6 is 0 Å². The second-order valence-corrected chi connectivity index (χ2v) is 11.4. The molecule has 174 valence electrons. The number of rotatable bonds is 5. The lowest BCUT2D eigenvalue weighted by Gasteiger charge is -2.44. The Kier molecular flexibility index (Phi) is 7.40. The van der Waals surface area contributed by atoms with Crippen LogP contribution < -0.4 is 0 Å². The van der Waals surface area contributed by atoms with Crippen molar-refractivity contribution < 1.29 is 15.3 Å². The van der Waals surface area contributed by atoms with Crippen molar-refractivity contribution in [2.75, 3.05) is 0 Å². The number of aliphatic hydroxyl groups excluding tert-OH is 2. The van der Waals surface area contributed by atoms with Crippen LogP contribution in [0.4, 0.5) is 0 Å². The van der Waals surface area contributed by atoms with Gasteiger partial charge in [0.15, 0.2) is 0 Å². The van der Waals surface area contributed by atoms with Gasteiger partial charge in [0.05, 0.1) is 17.8 Å². The van der Waals surface area contributed by atoms with Gasteiger partial charge in [-0.25, -0.2) is 0 Å². The highest BCUT2D eigenvalue weighted by Crippen LogP contribution is 2.59. The van der Waals surface area contributed by atoms with E-state index in [1.807, 2.05) is 13.8 Å². The Morgan fingerprint density at radius 2 is 1.84 bits per heavy atom. The van der Waals surface area contributed by atoms with Crippen LogP contribution in [0.5, 0.6) is 0 Å². The highest BCUT2D eigenvalue weighted by atomic mass is 16.3. The van der Waals surface area contributed by atoms with Crippen LogP contribution in [-0.2, 0) is 0 Å². The molecule has 0 aromatic carbocycles. The van der Waals surface area contributed by atoms with Crippen molar-refractivity contribution in [1.82, 2.24) is 0 Å². The molecule has 0 spiro atoms. The van der Waals surface area contributed by atoms with E-state index in [1.54, 1.807) is 0 Å². The number of allylic oxidation sites excluding steroid dienone is 4. The molecule has 0 bridgehead atoms. The van der Waals surface area contributed by atoms with Crippen molar-refractivity contribution >= 4 is 0 Å². The molecule has 3 heteroatoms. The maximum absolute atomic E-state index is 10.3. The van der Waals surface area contributed by atoms with E-state index >= 15 is 0 Å². The molecule has 0 aromatic heterocycles. The van der Waals surface area contributed by atoms with E-state index in [2.05, 4.69) is 51.7 Å². The molecule has 3 fully saturated rings. The Hall–Kier alpha value is -1.16. The highest BCUT2D eigenvalue weighted by molar-refractivity contribution is 5.38.